The Morgan fingerprint density at radius 2 is 2.38 bits per heavy atom. The molecule has 70 valence electrons. The molecule has 0 bridgehead atoms. The van der Waals surface area contributed by atoms with Gasteiger partial charge in [-0.2, -0.15) is 0 Å². The van der Waals surface area contributed by atoms with Crippen LogP contribution in [0.25, 0.3) is 0 Å². The van der Waals surface area contributed by atoms with Gasteiger partial charge in [0, 0.05) is 24.4 Å². The maximum atomic E-state index is 4.17. The maximum absolute atomic E-state index is 4.17. The monoisotopic (exact) mass is 176 g/mol. The van der Waals surface area contributed by atoms with Crippen LogP contribution in [0.3, 0.4) is 0 Å². The van der Waals surface area contributed by atoms with Gasteiger partial charge < -0.3 is 5.32 Å². The summed E-state index contributed by atoms with van der Waals surface area (Å²) in [7, 11) is 2.05. The van der Waals surface area contributed by atoms with Crippen LogP contribution < -0.4 is 5.32 Å². The minimum absolute atomic E-state index is 0.657. The highest BCUT2D eigenvalue weighted by atomic mass is 14.9. The van der Waals surface area contributed by atoms with Crippen molar-refractivity contribution in [3.63, 3.8) is 0 Å². The molecule has 0 spiro atoms. The molecule has 0 aromatic carbocycles. The molecule has 2 atom stereocenters. The van der Waals surface area contributed by atoms with Crippen LogP contribution >= 0.6 is 0 Å². The molecule has 2 heteroatoms. The fourth-order valence-corrected chi connectivity index (χ4v) is 2.30. The van der Waals surface area contributed by atoms with Crippen LogP contribution in [-0.4, -0.2) is 18.1 Å². The Bertz CT molecular complexity index is 258. The van der Waals surface area contributed by atoms with Gasteiger partial charge in [-0.15, -0.1) is 0 Å². The molecule has 0 aliphatic heterocycles. The largest absolute Gasteiger partial charge is 0.316 e. The molecule has 1 aromatic rings. The second kappa shape index (κ2) is 3.88. The number of nitrogens with zero attached hydrogens (tertiary/aromatic N) is 1. The summed E-state index contributed by atoms with van der Waals surface area (Å²) in [5.41, 5.74) is 1.39. The van der Waals surface area contributed by atoms with Gasteiger partial charge in [0.1, 0.15) is 0 Å². The first kappa shape index (κ1) is 8.70. The van der Waals surface area contributed by atoms with Gasteiger partial charge in [-0.1, -0.05) is 12.5 Å². The predicted molar refractivity (Wildman–Crippen MR) is 53.7 cm³/mol. The van der Waals surface area contributed by atoms with Gasteiger partial charge in [-0.05, 0) is 31.5 Å². The lowest BCUT2D eigenvalue weighted by Gasteiger charge is -2.18. The molecule has 13 heavy (non-hydrogen) atoms. The molecule has 1 saturated carbocycles. The first-order chi connectivity index (χ1) is 6.42. The number of aromatic nitrogens is 1. The normalized spacial score (nSPS) is 27.8. The molecule has 1 aliphatic rings. The SMILES string of the molecule is CNC1CCCC1c1cccnc1. The molecule has 1 aromatic heterocycles. The standard InChI is InChI=1S/C11H16N2/c1-12-11-6-2-5-10(11)9-4-3-7-13-8-9/h3-4,7-8,10-12H,2,5-6H2,1H3. The van der Waals surface area contributed by atoms with Crippen molar-refractivity contribution >= 4 is 0 Å². The first-order valence-corrected chi connectivity index (χ1v) is 4.99. The Labute approximate surface area is 79.4 Å². The highest BCUT2D eigenvalue weighted by Gasteiger charge is 2.26. The fraction of sp³-hybridized carbons (Fsp3) is 0.545. The highest BCUT2D eigenvalue weighted by molar-refractivity contribution is 5.18. The lowest BCUT2D eigenvalue weighted by atomic mass is 9.96. The lowest BCUT2D eigenvalue weighted by Crippen LogP contribution is -2.27. The number of rotatable bonds is 2. The number of hydrogen-bond acceptors (Lipinski definition) is 2. The second-order valence-electron chi connectivity index (χ2n) is 3.72. The first-order valence-electron chi connectivity index (χ1n) is 4.99. The van der Waals surface area contributed by atoms with Gasteiger partial charge in [0.05, 0.1) is 0 Å². The molecule has 0 amide bonds. The van der Waals surface area contributed by atoms with Crippen molar-refractivity contribution in [3.8, 4) is 0 Å². The number of likely N-dealkylation sites (N-methyl/N-ethyl adjacent to an activating group) is 1. The Hall–Kier alpha value is -0.890. The molecule has 2 rings (SSSR count). The average molecular weight is 176 g/mol. The van der Waals surface area contributed by atoms with Gasteiger partial charge in [-0.25, -0.2) is 0 Å². The predicted octanol–water partition coefficient (Wildman–Crippen LogP) is 1.94. The lowest BCUT2D eigenvalue weighted by molar-refractivity contribution is 0.521. The van der Waals surface area contributed by atoms with E-state index in [-0.39, 0.29) is 0 Å². The van der Waals surface area contributed by atoms with Crippen molar-refractivity contribution in [2.24, 2.45) is 0 Å². The summed E-state index contributed by atoms with van der Waals surface area (Å²) >= 11 is 0. The van der Waals surface area contributed by atoms with Crippen molar-refractivity contribution in [3.05, 3.63) is 30.1 Å². The van der Waals surface area contributed by atoms with Crippen LogP contribution in [0.5, 0.6) is 0 Å². The van der Waals surface area contributed by atoms with E-state index < -0.39 is 0 Å². The van der Waals surface area contributed by atoms with E-state index in [1.165, 1.54) is 24.8 Å². The molecule has 1 fully saturated rings. The van der Waals surface area contributed by atoms with Crippen LogP contribution in [0.15, 0.2) is 24.5 Å². The summed E-state index contributed by atoms with van der Waals surface area (Å²) in [4.78, 5) is 4.17. The third-order valence-electron chi connectivity index (χ3n) is 3.00. The van der Waals surface area contributed by atoms with E-state index in [4.69, 9.17) is 0 Å². The van der Waals surface area contributed by atoms with Crippen LogP contribution in [0.4, 0.5) is 0 Å². The van der Waals surface area contributed by atoms with E-state index in [9.17, 15) is 0 Å². The number of pyridine rings is 1. The Morgan fingerprint density at radius 3 is 3.08 bits per heavy atom. The van der Waals surface area contributed by atoms with Crippen LogP contribution in [0.1, 0.15) is 30.7 Å². The summed E-state index contributed by atoms with van der Waals surface area (Å²) < 4.78 is 0. The van der Waals surface area contributed by atoms with Crippen molar-refractivity contribution in [1.29, 1.82) is 0 Å². The van der Waals surface area contributed by atoms with E-state index in [0.29, 0.717) is 12.0 Å². The molecular weight excluding hydrogens is 160 g/mol. The van der Waals surface area contributed by atoms with Gasteiger partial charge >= 0.3 is 0 Å². The smallest absolute Gasteiger partial charge is 0.0303 e. The summed E-state index contributed by atoms with van der Waals surface area (Å²) in [6, 6.07) is 4.87. The summed E-state index contributed by atoms with van der Waals surface area (Å²) in [6.07, 6.45) is 7.78. The third kappa shape index (κ3) is 1.73. The zero-order valence-corrected chi connectivity index (χ0v) is 8.03. The van der Waals surface area contributed by atoms with Crippen LogP contribution in [-0.2, 0) is 0 Å². The van der Waals surface area contributed by atoms with Gasteiger partial charge in [0.25, 0.3) is 0 Å². The zero-order valence-electron chi connectivity index (χ0n) is 8.03. The van der Waals surface area contributed by atoms with Gasteiger partial charge in [-0.3, -0.25) is 4.98 Å². The summed E-state index contributed by atoms with van der Waals surface area (Å²) in [5.74, 6) is 0.679. The fourth-order valence-electron chi connectivity index (χ4n) is 2.30. The summed E-state index contributed by atoms with van der Waals surface area (Å²) in [6.45, 7) is 0. The number of nitrogens with one attached hydrogen (secondary N) is 1. The molecule has 2 nitrogen and oxygen atoms in total. The van der Waals surface area contributed by atoms with Crippen molar-refractivity contribution in [2.45, 2.75) is 31.2 Å². The van der Waals surface area contributed by atoms with Crippen molar-refractivity contribution in [1.82, 2.24) is 10.3 Å². The van der Waals surface area contributed by atoms with Crippen LogP contribution in [0, 0.1) is 0 Å². The Balaban J connectivity index is 2.16. The van der Waals surface area contributed by atoms with E-state index in [0.717, 1.165) is 0 Å². The van der Waals surface area contributed by atoms with Crippen LogP contribution in [0.2, 0.25) is 0 Å². The van der Waals surface area contributed by atoms with E-state index in [1.807, 2.05) is 18.5 Å². The zero-order chi connectivity index (χ0) is 9.10. The van der Waals surface area contributed by atoms with E-state index in [2.05, 4.69) is 23.4 Å². The topological polar surface area (TPSA) is 24.9 Å². The molecule has 0 saturated heterocycles. The van der Waals surface area contributed by atoms with E-state index in [1.54, 1.807) is 0 Å². The molecule has 1 aliphatic carbocycles. The molecule has 1 N–H and O–H groups in total. The van der Waals surface area contributed by atoms with Crippen molar-refractivity contribution in [2.75, 3.05) is 7.05 Å². The minimum Gasteiger partial charge on any atom is -0.316 e. The molecular formula is C11H16N2. The second-order valence-corrected chi connectivity index (χ2v) is 3.72. The minimum atomic E-state index is 0.657. The Kier molecular flexibility index (Phi) is 2.60. The maximum Gasteiger partial charge on any atom is 0.0303 e. The third-order valence-corrected chi connectivity index (χ3v) is 3.00. The Morgan fingerprint density at radius 1 is 1.46 bits per heavy atom. The van der Waals surface area contributed by atoms with E-state index >= 15 is 0 Å². The number of hydrogen-bond donors (Lipinski definition) is 1. The van der Waals surface area contributed by atoms with Gasteiger partial charge in [0.15, 0.2) is 0 Å². The molecule has 0 radical (unpaired) electrons. The quantitative estimate of drug-likeness (QED) is 0.745. The summed E-state index contributed by atoms with van der Waals surface area (Å²) in [5, 5.41) is 3.38. The van der Waals surface area contributed by atoms with Gasteiger partial charge in [0.2, 0.25) is 0 Å². The molecule has 1 heterocycles. The highest BCUT2D eigenvalue weighted by Crippen LogP contribution is 2.33. The van der Waals surface area contributed by atoms with Crippen molar-refractivity contribution < 1.29 is 0 Å². The molecule has 2 unspecified atom stereocenters. The average Bonchev–Trinajstić information content (AvgIpc) is 2.67.